The number of ether oxygens (including phenoxy) is 2. The number of aryl methyl sites for hydroxylation is 1. The molecule has 1 aliphatic heterocycles. The van der Waals surface area contributed by atoms with Crippen molar-refractivity contribution in [3.63, 3.8) is 0 Å². The molecule has 0 amide bonds. The van der Waals surface area contributed by atoms with Crippen molar-refractivity contribution in [1.29, 1.82) is 0 Å². The highest BCUT2D eigenvalue weighted by Crippen LogP contribution is 2.54. The van der Waals surface area contributed by atoms with E-state index in [9.17, 15) is 18.0 Å². The molecule has 0 N–H and O–H groups in total. The molecule has 1 saturated heterocycles. The molecule has 4 rings (SSSR count). The maximum Gasteiger partial charge on any atom is 0.345 e. The van der Waals surface area contributed by atoms with Gasteiger partial charge >= 0.3 is 11.9 Å². The van der Waals surface area contributed by atoms with Crippen LogP contribution >= 0.6 is 0 Å². The van der Waals surface area contributed by atoms with E-state index in [2.05, 4.69) is 33.9 Å². The number of hydrogen-bond acceptors (Lipinski definition) is 7. The lowest BCUT2D eigenvalue weighted by atomic mass is 9.94. The molecule has 3 atom stereocenters. The van der Waals surface area contributed by atoms with E-state index in [1.165, 1.54) is 18.5 Å². The van der Waals surface area contributed by atoms with Crippen LogP contribution in [0.3, 0.4) is 0 Å². The Hall–Kier alpha value is -3.31. The fourth-order valence-corrected chi connectivity index (χ4v) is 8.11. The Labute approximate surface area is 262 Å². The Kier molecular flexibility index (Phi) is 9.89. The molecule has 0 aliphatic carbocycles. The smallest absolute Gasteiger partial charge is 0.345 e. The minimum Gasteiger partial charge on any atom is -0.465 e. The van der Waals surface area contributed by atoms with Crippen molar-refractivity contribution in [2.75, 3.05) is 20.8 Å². The maximum atomic E-state index is 14.3. The molecule has 8 nitrogen and oxygen atoms in total. The molecule has 0 spiro atoms. The largest absolute Gasteiger partial charge is 0.465 e. The summed E-state index contributed by atoms with van der Waals surface area (Å²) in [7, 11) is -3.72. The Bertz CT molecular complexity index is 1650. The summed E-state index contributed by atoms with van der Waals surface area (Å²) in [4.78, 5) is 26.4. The van der Waals surface area contributed by atoms with Crippen LogP contribution in [0.5, 0.6) is 0 Å². The second-order valence-electron chi connectivity index (χ2n) is 12.7. The van der Waals surface area contributed by atoms with Crippen LogP contribution in [0, 0.1) is 6.92 Å². The first-order valence-corrected chi connectivity index (χ1v) is 19.1. The van der Waals surface area contributed by atoms with E-state index in [0.717, 1.165) is 21.9 Å². The Balaban J connectivity index is 1.86. The predicted molar refractivity (Wildman–Crippen MR) is 174 cm³/mol. The van der Waals surface area contributed by atoms with Gasteiger partial charge in [-0.15, -0.1) is 0 Å². The van der Waals surface area contributed by atoms with Gasteiger partial charge in [0.15, 0.2) is 8.32 Å². The van der Waals surface area contributed by atoms with Crippen molar-refractivity contribution in [3.05, 3.63) is 89.0 Å². The quantitative estimate of drug-likeness (QED) is 0.0439. The van der Waals surface area contributed by atoms with Crippen LogP contribution in [-0.4, -0.2) is 59.8 Å². The molecule has 3 aromatic carbocycles. The lowest BCUT2D eigenvalue weighted by Crippen LogP contribution is -2.41. The number of rotatable bonds is 11. The molecule has 1 fully saturated rings. The minimum absolute atomic E-state index is 0.00370. The van der Waals surface area contributed by atoms with Crippen molar-refractivity contribution in [2.45, 2.75) is 75.6 Å². The van der Waals surface area contributed by atoms with Crippen LogP contribution in [0.15, 0.2) is 82.8 Å². The molecule has 10 heteroatoms. The molecule has 0 bridgehead atoms. The van der Waals surface area contributed by atoms with E-state index in [-0.39, 0.29) is 21.9 Å². The van der Waals surface area contributed by atoms with Gasteiger partial charge in [-0.05, 0) is 71.9 Å². The third kappa shape index (κ3) is 6.68. The molecule has 1 heterocycles. The molecule has 1 unspecified atom stereocenters. The summed E-state index contributed by atoms with van der Waals surface area (Å²) >= 11 is 0. The van der Waals surface area contributed by atoms with Crippen LogP contribution in [0.1, 0.15) is 50.8 Å². The highest BCUT2D eigenvalue weighted by Gasteiger charge is 2.59. The molecular weight excluding hydrogens is 595 g/mol. The van der Waals surface area contributed by atoms with Crippen LogP contribution in [0.2, 0.25) is 18.1 Å². The Morgan fingerprint density at radius 3 is 2.07 bits per heavy atom. The van der Waals surface area contributed by atoms with Crippen LogP contribution in [0.25, 0.3) is 10.8 Å². The van der Waals surface area contributed by atoms with E-state index in [0.29, 0.717) is 18.6 Å². The van der Waals surface area contributed by atoms with E-state index in [1.807, 2.05) is 49.4 Å². The van der Waals surface area contributed by atoms with Crippen LogP contribution in [-0.2, 0) is 33.5 Å². The molecule has 3 aromatic rings. The van der Waals surface area contributed by atoms with Crippen molar-refractivity contribution < 1.29 is 31.9 Å². The summed E-state index contributed by atoms with van der Waals surface area (Å²) in [6, 6.07) is 18.7. The summed E-state index contributed by atoms with van der Waals surface area (Å²) in [5, 5.41) is 1.85. The second-order valence-corrected chi connectivity index (χ2v) is 19.4. The van der Waals surface area contributed by atoms with Crippen molar-refractivity contribution in [1.82, 2.24) is 4.31 Å². The molecule has 44 heavy (non-hydrogen) atoms. The van der Waals surface area contributed by atoms with Crippen molar-refractivity contribution >= 4 is 41.1 Å². The van der Waals surface area contributed by atoms with Gasteiger partial charge in [0.2, 0.25) is 10.0 Å². The van der Waals surface area contributed by atoms with E-state index >= 15 is 0 Å². The summed E-state index contributed by atoms with van der Waals surface area (Å²) in [5.41, 5.74) is 1.79. The van der Waals surface area contributed by atoms with E-state index < -0.39 is 42.4 Å². The number of benzene rings is 3. The molecular formula is C34H43NO7SSi. The zero-order chi connectivity index (χ0) is 32.4. The number of nitrogens with zero attached hydrogens (tertiary/aromatic N) is 1. The third-order valence-corrected chi connectivity index (χ3v) is 15.2. The topological polar surface area (TPSA) is 99.0 Å². The van der Waals surface area contributed by atoms with Gasteiger partial charge in [0.1, 0.15) is 5.57 Å². The number of methoxy groups -OCH3 is 2. The van der Waals surface area contributed by atoms with Gasteiger partial charge in [-0.25, -0.2) is 18.0 Å². The third-order valence-electron chi connectivity index (χ3n) is 8.81. The van der Waals surface area contributed by atoms with Gasteiger partial charge in [0.25, 0.3) is 0 Å². The van der Waals surface area contributed by atoms with E-state index in [4.69, 9.17) is 13.9 Å². The molecule has 236 valence electrons. The predicted octanol–water partition coefficient (Wildman–Crippen LogP) is 6.71. The summed E-state index contributed by atoms with van der Waals surface area (Å²) in [6.45, 7) is 13.1. The van der Waals surface area contributed by atoms with E-state index in [1.54, 1.807) is 24.3 Å². The summed E-state index contributed by atoms with van der Waals surface area (Å²) < 4.78 is 46.4. The summed E-state index contributed by atoms with van der Waals surface area (Å²) in [6.07, 6.45) is 0.705. The number of sulfonamides is 1. The number of hydrogen-bond donors (Lipinski definition) is 0. The molecule has 0 aromatic heterocycles. The average Bonchev–Trinajstić information content (AvgIpc) is 3.73. The first-order chi connectivity index (χ1) is 20.7. The van der Waals surface area contributed by atoms with Crippen LogP contribution < -0.4 is 0 Å². The first-order valence-electron chi connectivity index (χ1n) is 14.8. The van der Waals surface area contributed by atoms with Gasteiger partial charge < -0.3 is 13.9 Å². The zero-order valence-corrected chi connectivity index (χ0v) is 28.7. The normalized spacial score (nSPS) is 18.5. The number of carbonyl (C=O) groups is 2. The highest BCUT2D eigenvalue weighted by molar-refractivity contribution is 7.89. The molecule has 1 aliphatic rings. The molecule has 0 radical (unpaired) electrons. The number of esters is 2. The van der Waals surface area contributed by atoms with Gasteiger partial charge in [-0.2, -0.15) is 4.31 Å². The van der Waals surface area contributed by atoms with Gasteiger partial charge in [0.05, 0.1) is 31.2 Å². The SMILES string of the molecule is COC(=O)C(C(=O)OC)=C(CCCO[Si](C)(C)C(C)(C)C)[C@@H]1[C@H](c2cccc3ccccc23)N1S(=O)(=O)c1ccc(C)cc1. The van der Waals surface area contributed by atoms with Crippen molar-refractivity contribution in [3.8, 4) is 0 Å². The lowest BCUT2D eigenvalue weighted by Gasteiger charge is -2.36. The lowest BCUT2D eigenvalue weighted by molar-refractivity contribution is -0.144. The monoisotopic (exact) mass is 637 g/mol. The fourth-order valence-electron chi connectivity index (χ4n) is 5.28. The fraction of sp³-hybridized carbons (Fsp3) is 0.412. The second kappa shape index (κ2) is 13.0. The van der Waals surface area contributed by atoms with Gasteiger partial charge in [-0.1, -0.05) is 80.9 Å². The Morgan fingerprint density at radius 2 is 1.48 bits per heavy atom. The standard InChI is InChI=1S/C34H43NO7SSi/c1-23-18-20-25(21-19-23)43(38,39)35-30(27-16-11-14-24-13-9-10-15-26(24)27)31(35)28(29(32(36)40-5)33(37)41-6)17-12-22-42-44(7,8)34(2,3)4/h9-11,13-16,18-21,30-31H,12,17,22H2,1-8H3/t30-,31+,35?/m0/s1. The Morgan fingerprint density at radius 1 is 0.886 bits per heavy atom. The highest BCUT2D eigenvalue weighted by atomic mass is 32.2. The average molecular weight is 638 g/mol. The number of carbonyl (C=O) groups excluding carboxylic acids is 2. The van der Waals surface area contributed by atoms with Gasteiger partial charge in [0, 0.05) is 6.61 Å². The maximum absolute atomic E-state index is 14.3. The van der Waals surface area contributed by atoms with Gasteiger partial charge in [-0.3, -0.25) is 0 Å². The van der Waals surface area contributed by atoms with Crippen molar-refractivity contribution in [2.24, 2.45) is 0 Å². The zero-order valence-electron chi connectivity index (χ0n) is 26.8. The summed E-state index contributed by atoms with van der Waals surface area (Å²) in [5.74, 6) is -1.73. The number of fused-ring (bicyclic) bond motifs is 1. The molecule has 0 saturated carbocycles. The van der Waals surface area contributed by atoms with Crippen LogP contribution in [0.4, 0.5) is 0 Å². The minimum atomic E-state index is -4.04. The first kappa shape index (κ1) is 33.6.